The van der Waals surface area contributed by atoms with Gasteiger partial charge in [-0.05, 0) is 107 Å². The molecule has 1 atom stereocenters. The Morgan fingerprint density at radius 3 is 2.25 bits per heavy atom. The van der Waals surface area contributed by atoms with Crippen LogP contribution in [-0.2, 0) is 17.8 Å². The fourth-order valence-corrected chi connectivity index (χ4v) is 9.10. The Hall–Kier alpha value is -2.35. The van der Waals surface area contributed by atoms with Crippen LogP contribution in [0.3, 0.4) is 0 Å². The van der Waals surface area contributed by atoms with Gasteiger partial charge in [0, 0.05) is 55.6 Å². The maximum absolute atomic E-state index is 14.0. The number of likely N-dealkylation sites (tertiary alicyclic amines) is 3. The number of thiophene rings is 1. The number of hydrogen-bond donors (Lipinski definition) is 3. The number of rotatable bonds is 6. The molecule has 0 aliphatic carbocycles. The summed E-state index contributed by atoms with van der Waals surface area (Å²) in [6, 6.07) is 3.08. The summed E-state index contributed by atoms with van der Waals surface area (Å²) < 4.78 is 1.06. The van der Waals surface area contributed by atoms with Crippen LogP contribution in [-0.4, -0.2) is 100 Å². The standard InChI is InChI=1S/C31H40Br2N6O4S/c32-24-14-20(15-25(33)28(24)40)16-26(29(41)37-10-4-22(5-11-37)36-8-2-1-3-9-36)34-30(42)38-12-6-23(7-13-38)39-17-21-18-44-19-27(21)35-31(39)43/h14-15,18-19,22-23,26,40H,1-13,16-17H2,(H,34,42)(H,35,43)/t26-/m1/s1. The van der Waals surface area contributed by atoms with E-state index in [1.807, 2.05) is 15.2 Å². The molecule has 10 nitrogen and oxygen atoms in total. The van der Waals surface area contributed by atoms with Crippen molar-refractivity contribution in [2.75, 3.05) is 44.6 Å². The number of halogens is 2. The molecule has 5 amide bonds. The molecule has 4 aliphatic rings. The van der Waals surface area contributed by atoms with E-state index in [1.54, 1.807) is 28.4 Å². The van der Waals surface area contributed by atoms with E-state index >= 15 is 0 Å². The molecule has 6 rings (SSSR count). The minimum Gasteiger partial charge on any atom is -0.506 e. The van der Waals surface area contributed by atoms with Gasteiger partial charge in [-0.15, -0.1) is 11.3 Å². The fraction of sp³-hybridized carbons (Fsp3) is 0.581. The normalized spacial score (nSPS) is 21.1. The molecule has 4 aliphatic heterocycles. The third-order valence-corrected chi connectivity index (χ3v) is 11.6. The summed E-state index contributed by atoms with van der Waals surface area (Å²) in [5.74, 6) is 0.0307. The monoisotopic (exact) mass is 750 g/mol. The molecule has 0 bridgehead atoms. The van der Waals surface area contributed by atoms with Crippen LogP contribution in [0.5, 0.6) is 5.75 Å². The molecule has 0 radical (unpaired) electrons. The number of phenols is 1. The van der Waals surface area contributed by atoms with E-state index in [4.69, 9.17) is 0 Å². The fourth-order valence-electron chi connectivity index (χ4n) is 7.04. The molecule has 0 saturated carbocycles. The largest absolute Gasteiger partial charge is 0.506 e. The van der Waals surface area contributed by atoms with E-state index in [9.17, 15) is 19.5 Å². The van der Waals surface area contributed by atoms with Crippen molar-refractivity contribution < 1.29 is 19.5 Å². The number of urea groups is 2. The summed E-state index contributed by atoms with van der Waals surface area (Å²) in [6.45, 7) is 5.27. The summed E-state index contributed by atoms with van der Waals surface area (Å²) >= 11 is 8.38. The number of aromatic hydroxyl groups is 1. The molecule has 44 heavy (non-hydrogen) atoms. The maximum atomic E-state index is 14.0. The lowest BCUT2D eigenvalue weighted by atomic mass is 9.98. The van der Waals surface area contributed by atoms with E-state index in [1.165, 1.54) is 19.3 Å². The van der Waals surface area contributed by atoms with Gasteiger partial charge in [0.2, 0.25) is 5.91 Å². The molecule has 0 spiro atoms. The van der Waals surface area contributed by atoms with Crippen LogP contribution in [0.1, 0.15) is 56.1 Å². The van der Waals surface area contributed by atoms with Crippen molar-refractivity contribution >= 4 is 66.9 Å². The zero-order chi connectivity index (χ0) is 30.8. The Bertz CT molecular complexity index is 1350. The topological polar surface area (TPSA) is 108 Å². The number of anilines is 1. The number of piperidine rings is 3. The number of phenolic OH excluding ortho intramolecular Hbond substituents is 1. The second-order valence-electron chi connectivity index (χ2n) is 12.4. The quantitative estimate of drug-likeness (QED) is 0.357. The van der Waals surface area contributed by atoms with Crippen LogP contribution in [0, 0.1) is 0 Å². The highest BCUT2D eigenvalue weighted by Crippen LogP contribution is 2.34. The number of hydrogen-bond acceptors (Lipinski definition) is 6. The van der Waals surface area contributed by atoms with Crippen LogP contribution in [0.4, 0.5) is 15.3 Å². The third-order valence-electron chi connectivity index (χ3n) is 9.57. The first-order valence-corrected chi connectivity index (χ1v) is 18.2. The Balaban J connectivity index is 1.09. The SMILES string of the molecule is O=C(N[C@H](Cc1cc(Br)c(O)c(Br)c1)C(=O)N1CCC(N2CCCCC2)CC1)N1CCC(N2Cc3cscc3NC2=O)CC1. The molecule has 3 saturated heterocycles. The average Bonchev–Trinajstić information content (AvgIpc) is 3.50. The van der Waals surface area contributed by atoms with E-state index in [0.29, 0.717) is 67.0 Å². The number of carbonyl (C=O) groups excluding carboxylic acids is 3. The van der Waals surface area contributed by atoms with Gasteiger partial charge in [-0.25, -0.2) is 9.59 Å². The lowest BCUT2D eigenvalue weighted by Gasteiger charge is -2.41. The first-order chi connectivity index (χ1) is 21.3. The highest BCUT2D eigenvalue weighted by molar-refractivity contribution is 9.11. The first-order valence-electron chi connectivity index (χ1n) is 15.6. The van der Waals surface area contributed by atoms with Gasteiger partial charge in [-0.3, -0.25) is 4.79 Å². The number of benzene rings is 1. The Labute approximate surface area is 279 Å². The minimum absolute atomic E-state index is 0.0532. The van der Waals surface area contributed by atoms with E-state index in [-0.39, 0.29) is 29.8 Å². The zero-order valence-electron chi connectivity index (χ0n) is 24.8. The van der Waals surface area contributed by atoms with Gasteiger partial charge in [0.1, 0.15) is 11.8 Å². The lowest BCUT2D eigenvalue weighted by molar-refractivity contribution is -0.134. The van der Waals surface area contributed by atoms with Crippen molar-refractivity contribution in [3.63, 3.8) is 0 Å². The number of nitrogens with zero attached hydrogens (tertiary/aromatic N) is 4. The van der Waals surface area contributed by atoms with E-state index < -0.39 is 6.04 Å². The molecule has 1 aromatic heterocycles. The average molecular weight is 753 g/mol. The maximum Gasteiger partial charge on any atom is 0.322 e. The molecule has 2 aromatic rings. The molecule has 1 aromatic carbocycles. The van der Waals surface area contributed by atoms with Crippen LogP contribution >= 0.6 is 43.2 Å². The highest BCUT2D eigenvalue weighted by Gasteiger charge is 2.36. The minimum atomic E-state index is -0.736. The van der Waals surface area contributed by atoms with Crippen LogP contribution < -0.4 is 10.6 Å². The van der Waals surface area contributed by atoms with Crippen molar-refractivity contribution in [2.45, 2.75) is 76.0 Å². The van der Waals surface area contributed by atoms with Crippen molar-refractivity contribution in [1.82, 2.24) is 24.9 Å². The predicted octanol–water partition coefficient (Wildman–Crippen LogP) is 5.59. The lowest BCUT2D eigenvalue weighted by Crippen LogP contribution is -2.57. The van der Waals surface area contributed by atoms with Gasteiger partial charge >= 0.3 is 12.1 Å². The number of carbonyl (C=O) groups is 3. The zero-order valence-corrected chi connectivity index (χ0v) is 28.8. The summed E-state index contributed by atoms with van der Waals surface area (Å²) in [4.78, 5) is 48.5. The Morgan fingerprint density at radius 1 is 0.932 bits per heavy atom. The summed E-state index contributed by atoms with van der Waals surface area (Å²) in [7, 11) is 0. The Morgan fingerprint density at radius 2 is 1.57 bits per heavy atom. The van der Waals surface area contributed by atoms with Gasteiger partial charge in [0.05, 0.1) is 21.2 Å². The summed E-state index contributed by atoms with van der Waals surface area (Å²) in [5, 5.41) is 20.3. The third kappa shape index (κ3) is 7.05. The number of amides is 5. The Kier molecular flexibility index (Phi) is 10.0. The predicted molar refractivity (Wildman–Crippen MR) is 178 cm³/mol. The van der Waals surface area contributed by atoms with E-state index in [0.717, 1.165) is 42.7 Å². The van der Waals surface area contributed by atoms with Gasteiger partial charge < -0.3 is 35.3 Å². The first kappa shape index (κ1) is 31.6. The van der Waals surface area contributed by atoms with Gasteiger partial charge in [0.15, 0.2) is 0 Å². The van der Waals surface area contributed by atoms with Gasteiger partial charge in [-0.1, -0.05) is 6.42 Å². The molecule has 238 valence electrons. The smallest absolute Gasteiger partial charge is 0.322 e. The second-order valence-corrected chi connectivity index (χ2v) is 14.8. The van der Waals surface area contributed by atoms with Gasteiger partial charge in [-0.2, -0.15) is 0 Å². The van der Waals surface area contributed by atoms with Crippen molar-refractivity contribution in [1.29, 1.82) is 0 Å². The molecular formula is C31H40Br2N6O4S. The van der Waals surface area contributed by atoms with Crippen LogP contribution in [0.15, 0.2) is 31.8 Å². The molecule has 13 heteroatoms. The highest BCUT2D eigenvalue weighted by atomic mass is 79.9. The van der Waals surface area contributed by atoms with Crippen LogP contribution in [0.2, 0.25) is 0 Å². The van der Waals surface area contributed by atoms with Gasteiger partial charge in [0.25, 0.3) is 0 Å². The number of fused-ring (bicyclic) bond motifs is 1. The molecular weight excluding hydrogens is 712 g/mol. The molecule has 3 N–H and O–H groups in total. The molecule has 5 heterocycles. The van der Waals surface area contributed by atoms with E-state index in [2.05, 4.69) is 52.8 Å². The van der Waals surface area contributed by atoms with Crippen molar-refractivity contribution in [3.05, 3.63) is 43.0 Å². The second kappa shape index (κ2) is 14.0. The number of nitrogens with one attached hydrogen (secondary N) is 2. The molecule has 0 unspecified atom stereocenters. The summed E-state index contributed by atoms with van der Waals surface area (Å²) in [5.41, 5.74) is 2.85. The summed E-state index contributed by atoms with van der Waals surface area (Å²) in [6.07, 6.45) is 7.38. The van der Waals surface area contributed by atoms with Crippen LogP contribution in [0.25, 0.3) is 0 Å². The van der Waals surface area contributed by atoms with Crippen molar-refractivity contribution in [2.24, 2.45) is 0 Å². The molecule has 3 fully saturated rings. The van der Waals surface area contributed by atoms with Crippen molar-refractivity contribution in [3.8, 4) is 5.75 Å².